The van der Waals surface area contributed by atoms with Crippen LogP contribution < -0.4 is 10.6 Å². The minimum absolute atomic E-state index is 0.0293. The van der Waals surface area contributed by atoms with Crippen molar-refractivity contribution in [1.29, 1.82) is 0 Å². The lowest BCUT2D eigenvalue weighted by Crippen LogP contribution is -2.56. The number of methoxy groups -OCH3 is 1. The quantitative estimate of drug-likeness (QED) is 0.584. The minimum atomic E-state index is -3.63. The van der Waals surface area contributed by atoms with Gasteiger partial charge in [-0.3, -0.25) is 9.69 Å². The summed E-state index contributed by atoms with van der Waals surface area (Å²) in [5, 5.41) is 0. The monoisotopic (exact) mass is 512 g/mol. The van der Waals surface area contributed by atoms with E-state index in [9.17, 15) is 13.2 Å². The summed E-state index contributed by atoms with van der Waals surface area (Å²) in [5.74, 6) is -0.490. The molecule has 0 saturated carbocycles. The maximum absolute atomic E-state index is 13.0. The van der Waals surface area contributed by atoms with Crippen molar-refractivity contribution < 1.29 is 17.9 Å². The summed E-state index contributed by atoms with van der Waals surface area (Å²) >= 11 is 0. The van der Waals surface area contributed by atoms with E-state index in [0.29, 0.717) is 18.6 Å². The average molecular weight is 513 g/mol. The third-order valence-electron chi connectivity index (χ3n) is 7.18. The predicted molar refractivity (Wildman–Crippen MR) is 142 cm³/mol. The predicted octanol–water partition coefficient (Wildman–Crippen LogP) is 2.71. The molecular formula is C27H36N4O4S. The van der Waals surface area contributed by atoms with Gasteiger partial charge in [0, 0.05) is 63.2 Å². The van der Waals surface area contributed by atoms with Crippen molar-refractivity contribution in [2.24, 2.45) is 5.73 Å². The number of nitrogens with zero attached hydrogens (tertiary/aromatic N) is 3. The van der Waals surface area contributed by atoms with E-state index >= 15 is 0 Å². The Labute approximate surface area is 214 Å². The van der Waals surface area contributed by atoms with E-state index in [2.05, 4.69) is 47.9 Å². The molecule has 2 aromatic rings. The first-order chi connectivity index (χ1) is 17.1. The molecule has 0 spiro atoms. The molecule has 0 bridgehead atoms. The summed E-state index contributed by atoms with van der Waals surface area (Å²) in [4.78, 5) is 16.4. The number of benzene rings is 2. The number of piperazine rings is 1. The van der Waals surface area contributed by atoms with Crippen LogP contribution in [0.3, 0.4) is 0 Å². The van der Waals surface area contributed by atoms with Gasteiger partial charge in [-0.25, -0.2) is 8.42 Å². The molecule has 2 aromatic carbocycles. The lowest BCUT2D eigenvalue weighted by atomic mass is 10.0. The van der Waals surface area contributed by atoms with E-state index in [1.165, 1.54) is 9.99 Å². The number of anilines is 1. The molecule has 8 nitrogen and oxygen atoms in total. The van der Waals surface area contributed by atoms with Crippen LogP contribution in [0, 0.1) is 0 Å². The van der Waals surface area contributed by atoms with Crippen LogP contribution in [-0.4, -0.2) is 82.1 Å². The van der Waals surface area contributed by atoms with Crippen molar-refractivity contribution in [2.75, 3.05) is 57.9 Å². The number of rotatable bonds is 8. The van der Waals surface area contributed by atoms with Gasteiger partial charge in [0.2, 0.25) is 15.9 Å². The molecule has 0 atom stereocenters. The highest BCUT2D eigenvalue weighted by atomic mass is 32.2. The largest absolute Gasteiger partial charge is 0.383 e. The molecule has 2 N–H and O–H groups in total. The summed E-state index contributed by atoms with van der Waals surface area (Å²) < 4.78 is 32.8. The molecule has 0 unspecified atom stereocenters. The third kappa shape index (κ3) is 5.64. The van der Waals surface area contributed by atoms with E-state index in [4.69, 9.17) is 10.5 Å². The van der Waals surface area contributed by atoms with Crippen LogP contribution in [-0.2, 0) is 19.6 Å². The van der Waals surface area contributed by atoms with Crippen molar-refractivity contribution >= 4 is 21.6 Å². The normalized spacial score (nSPS) is 18.2. The molecule has 0 radical (unpaired) electrons. The number of sulfonamides is 1. The second kappa shape index (κ2) is 10.7. The zero-order chi connectivity index (χ0) is 25.9. The minimum Gasteiger partial charge on any atom is -0.383 e. The van der Waals surface area contributed by atoms with E-state index in [-0.39, 0.29) is 23.5 Å². The third-order valence-corrected chi connectivity index (χ3v) is 9.06. The molecule has 0 aliphatic carbocycles. The highest BCUT2D eigenvalue weighted by Gasteiger charge is 2.30. The first kappa shape index (κ1) is 26.3. The fourth-order valence-corrected chi connectivity index (χ4v) is 6.32. The zero-order valence-electron chi connectivity index (χ0n) is 21.3. The Morgan fingerprint density at radius 2 is 1.53 bits per heavy atom. The number of amides is 1. The number of hydrogen-bond acceptors (Lipinski definition) is 6. The van der Waals surface area contributed by atoms with Gasteiger partial charge in [0.25, 0.3) is 0 Å². The van der Waals surface area contributed by atoms with Gasteiger partial charge in [-0.1, -0.05) is 30.3 Å². The Balaban J connectivity index is 1.39. The summed E-state index contributed by atoms with van der Waals surface area (Å²) in [6.07, 6.45) is 1.93. The lowest BCUT2D eigenvalue weighted by Gasteiger charge is -2.44. The van der Waals surface area contributed by atoms with Crippen LogP contribution in [0.1, 0.15) is 20.3 Å². The second-order valence-electron chi connectivity index (χ2n) is 10.00. The standard InChI is InChI=1S/C27H36N4O4S/c1-27(2,20-35-3)30-18-16-29(17-19-30)24-8-4-21(5-9-24)22-6-10-25(11-7-22)36(33,34)31-14-12-23(13-15-31)26(28)32/h4-12H,13-20H2,1-3H3,(H2,28,32). The van der Waals surface area contributed by atoms with Crippen LogP contribution in [0.2, 0.25) is 0 Å². The van der Waals surface area contributed by atoms with Crippen LogP contribution in [0.4, 0.5) is 5.69 Å². The van der Waals surface area contributed by atoms with Crippen LogP contribution in [0.15, 0.2) is 65.1 Å². The van der Waals surface area contributed by atoms with Gasteiger partial charge in [-0.2, -0.15) is 4.31 Å². The van der Waals surface area contributed by atoms with Gasteiger partial charge >= 0.3 is 0 Å². The summed E-state index contributed by atoms with van der Waals surface area (Å²) in [6, 6.07) is 15.4. The first-order valence-electron chi connectivity index (χ1n) is 12.3. The van der Waals surface area contributed by atoms with E-state index in [0.717, 1.165) is 37.3 Å². The van der Waals surface area contributed by atoms with Gasteiger partial charge in [0.15, 0.2) is 0 Å². The average Bonchev–Trinajstić information content (AvgIpc) is 2.89. The van der Waals surface area contributed by atoms with Gasteiger partial charge in [-0.05, 0) is 55.7 Å². The molecule has 2 heterocycles. The number of ether oxygens (including phenoxy) is 1. The highest BCUT2D eigenvalue weighted by molar-refractivity contribution is 7.89. The van der Waals surface area contributed by atoms with Crippen molar-refractivity contribution in [3.63, 3.8) is 0 Å². The molecule has 1 fully saturated rings. The fraction of sp³-hybridized carbons (Fsp3) is 0.444. The smallest absolute Gasteiger partial charge is 0.244 e. The number of carbonyl (C=O) groups excluding carboxylic acids is 1. The number of carbonyl (C=O) groups is 1. The second-order valence-corrected chi connectivity index (χ2v) is 11.9. The molecular weight excluding hydrogens is 476 g/mol. The van der Waals surface area contributed by atoms with Crippen molar-refractivity contribution in [1.82, 2.24) is 9.21 Å². The molecule has 1 amide bonds. The van der Waals surface area contributed by atoms with E-state index in [1.807, 2.05) is 12.1 Å². The van der Waals surface area contributed by atoms with Gasteiger partial charge in [0.05, 0.1) is 11.5 Å². The highest BCUT2D eigenvalue weighted by Crippen LogP contribution is 2.27. The van der Waals surface area contributed by atoms with Crippen molar-refractivity contribution in [2.45, 2.75) is 30.7 Å². The van der Waals surface area contributed by atoms with Crippen LogP contribution >= 0.6 is 0 Å². The molecule has 2 aliphatic heterocycles. The van der Waals surface area contributed by atoms with Crippen LogP contribution in [0.25, 0.3) is 11.1 Å². The Kier molecular flexibility index (Phi) is 7.85. The lowest BCUT2D eigenvalue weighted by molar-refractivity contribution is -0.114. The topological polar surface area (TPSA) is 96.2 Å². The van der Waals surface area contributed by atoms with E-state index < -0.39 is 15.9 Å². The SMILES string of the molecule is COCC(C)(C)N1CCN(c2ccc(-c3ccc(S(=O)(=O)N4CC=C(C(N)=O)CC4)cc3)cc2)CC1. The zero-order valence-corrected chi connectivity index (χ0v) is 22.1. The van der Waals surface area contributed by atoms with Crippen LogP contribution in [0.5, 0.6) is 0 Å². The van der Waals surface area contributed by atoms with Gasteiger partial charge < -0.3 is 15.4 Å². The number of primary amides is 1. The molecule has 2 aliphatic rings. The molecule has 4 rings (SSSR count). The van der Waals surface area contributed by atoms with Gasteiger partial charge in [0.1, 0.15) is 0 Å². The maximum Gasteiger partial charge on any atom is 0.244 e. The summed E-state index contributed by atoms with van der Waals surface area (Å²) in [5.41, 5.74) is 9.00. The summed E-state index contributed by atoms with van der Waals surface area (Å²) in [6.45, 7) is 9.47. The molecule has 1 saturated heterocycles. The molecule has 36 heavy (non-hydrogen) atoms. The Bertz CT molecular complexity index is 1200. The molecule has 0 aromatic heterocycles. The number of hydrogen-bond donors (Lipinski definition) is 1. The fourth-order valence-electron chi connectivity index (χ4n) is 4.94. The molecule has 9 heteroatoms. The van der Waals surface area contributed by atoms with Crippen molar-refractivity contribution in [3.05, 3.63) is 60.2 Å². The molecule has 194 valence electrons. The maximum atomic E-state index is 13.0. The number of nitrogens with two attached hydrogens (primary N) is 1. The first-order valence-corrected chi connectivity index (χ1v) is 13.7. The summed E-state index contributed by atoms with van der Waals surface area (Å²) in [7, 11) is -1.88. The van der Waals surface area contributed by atoms with E-state index in [1.54, 1.807) is 25.3 Å². The Morgan fingerprint density at radius 3 is 2.03 bits per heavy atom. The Hall–Kier alpha value is -2.72. The Morgan fingerprint density at radius 1 is 0.944 bits per heavy atom. The van der Waals surface area contributed by atoms with Crippen molar-refractivity contribution in [3.8, 4) is 11.1 Å². The van der Waals surface area contributed by atoms with Gasteiger partial charge in [-0.15, -0.1) is 0 Å².